The fourth-order valence-corrected chi connectivity index (χ4v) is 0.848. The van der Waals surface area contributed by atoms with E-state index in [1.807, 2.05) is 22.6 Å². The summed E-state index contributed by atoms with van der Waals surface area (Å²) in [5.74, 6) is -0.254. The van der Waals surface area contributed by atoms with Crippen LogP contribution in [-0.4, -0.2) is 7.85 Å². The van der Waals surface area contributed by atoms with E-state index in [-0.39, 0.29) is 5.82 Å². The molecule has 0 aliphatic carbocycles. The molecule has 0 aromatic heterocycles. The van der Waals surface area contributed by atoms with Gasteiger partial charge in [-0.15, -0.1) is 0 Å². The van der Waals surface area contributed by atoms with Crippen molar-refractivity contribution in [3.05, 3.63) is 27.6 Å². The Hall–Kier alpha value is -0.0551. The third-order valence-electron chi connectivity index (χ3n) is 0.944. The van der Waals surface area contributed by atoms with Gasteiger partial charge in [-0.25, -0.2) is 4.39 Å². The summed E-state index contributed by atoms with van der Waals surface area (Å²) in [6.07, 6.45) is 0. The second kappa shape index (κ2) is 2.69. The summed E-state index contributed by atoms with van der Waals surface area (Å²) in [6.45, 7) is 0. The molecule has 0 nitrogen and oxygen atoms in total. The standard InChI is InChI=1S/C6H3BFI/c7-4-1-2-6(9)5(8)3-4/h1-3H. The first-order valence-corrected chi connectivity index (χ1v) is 3.48. The summed E-state index contributed by atoms with van der Waals surface area (Å²) in [7, 11) is 5.28. The number of halogens is 2. The van der Waals surface area contributed by atoms with Crippen LogP contribution in [0.1, 0.15) is 0 Å². The average molecular weight is 232 g/mol. The van der Waals surface area contributed by atoms with E-state index in [2.05, 4.69) is 0 Å². The van der Waals surface area contributed by atoms with E-state index < -0.39 is 0 Å². The van der Waals surface area contributed by atoms with Crippen LogP contribution in [0.2, 0.25) is 0 Å². The van der Waals surface area contributed by atoms with E-state index in [4.69, 9.17) is 7.85 Å². The second-order valence-corrected chi connectivity index (χ2v) is 2.84. The zero-order chi connectivity index (χ0) is 6.85. The molecule has 1 aromatic rings. The maximum absolute atomic E-state index is 12.5. The van der Waals surface area contributed by atoms with Crippen LogP contribution in [0.4, 0.5) is 4.39 Å². The zero-order valence-electron chi connectivity index (χ0n) is 4.57. The molecular weight excluding hydrogens is 229 g/mol. The average Bonchev–Trinajstić information content (AvgIpc) is 1.80. The minimum Gasteiger partial charge on any atom is -0.206 e. The van der Waals surface area contributed by atoms with Gasteiger partial charge in [0.25, 0.3) is 0 Å². The summed E-state index contributed by atoms with van der Waals surface area (Å²) in [4.78, 5) is 0. The Morgan fingerprint density at radius 3 is 2.56 bits per heavy atom. The van der Waals surface area contributed by atoms with Crippen molar-refractivity contribution in [3.8, 4) is 0 Å². The van der Waals surface area contributed by atoms with Crippen molar-refractivity contribution in [2.75, 3.05) is 0 Å². The lowest BCUT2D eigenvalue weighted by atomic mass is 9.97. The van der Waals surface area contributed by atoms with Gasteiger partial charge in [-0.1, -0.05) is 11.5 Å². The van der Waals surface area contributed by atoms with Crippen molar-refractivity contribution in [2.24, 2.45) is 0 Å². The molecule has 2 radical (unpaired) electrons. The predicted octanol–water partition coefficient (Wildman–Crippen LogP) is 1.22. The number of hydrogen-bond donors (Lipinski definition) is 0. The molecule has 0 fully saturated rings. The van der Waals surface area contributed by atoms with Crippen LogP contribution in [0.15, 0.2) is 18.2 Å². The van der Waals surface area contributed by atoms with Crippen molar-refractivity contribution < 1.29 is 4.39 Å². The molecule has 0 amide bonds. The molecule has 0 saturated carbocycles. The van der Waals surface area contributed by atoms with Crippen LogP contribution >= 0.6 is 22.6 Å². The van der Waals surface area contributed by atoms with E-state index in [1.165, 1.54) is 6.07 Å². The minimum atomic E-state index is -0.254. The smallest absolute Gasteiger partial charge is 0.135 e. The summed E-state index contributed by atoms with van der Waals surface area (Å²) < 4.78 is 13.1. The molecule has 0 aliphatic heterocycles. The molecular formula is C6H3BFI. The molecule has 9 heavy (non-hydrogen) atoms. The van der Waals surface area contributed by atoms with E-state index in [0.29, 0.717) is 9.03 Å². The topological polar surface area (TPSA) is 0 Å². The van der Waals surface area contributed by atoms with E-state index >= 15 is 0 Å². The molecule has 0 atom stereocenters. The van der Waals surface area contributed by atoms with Gasteiger partial charge in [0.1, 0.15) is 13.7 Å². The van der Waals surface area contributed by atoms with Crippen LogP contribution < -0.4 is 5.46 Å². The van der Waals surface area contributed by atoms with Crippen LogP contribution in [0.5, 0.6) is 0 Å². The fraction of sp³-hybridized carbons (Fsp3) is 0. The molecule has 0 saturated heterocycles. The Morgan fingerprint density at radius 2 is 2.11 bits per heavy atom. The SMILES string of the molecule is [B]c1ccc(I)c(F)c1. The van der Waals surface area contributed by atoms with Crippen molar-refractivity contribution in [2.45, 2.75) is 0 Å². The number of hydrogen-bond acceptors (Lipinski definition) is 0. The Morgan fingerprint density at radius 1 is 1.44 bits per heavy atom. The van der Waals surface area contributed by atoms with E-state index in [1.54, 1.807) is 12.1 Å². The maximum atomic E-state index is 12.5. The Labute approximate surface area is 68.0 Å². The third kappa shape index (κ3) is 1.68. The molecule has 44 valence electrons. The summed E-state index contributed by atoms with van der Waals surface area (Å²) in [6, 6.07) is 4.62. The second-order valence-electron chi connectivity index (χ2n) is 1.67. The Balaban J connectivity index is 3.17. The van der Waals surface area contributed by atoms with Crippen molar-refractivity contribution in [1.29, 1.82) is 0 Å². The Kier molecular flexibility index (Phi) is 2.11. The fourth-order valence-electron chi connectivity index (χ4n) is 0.512. The highest BCUT2D eigenvalue weighted by Gasteiger charge is 1.94. The molecule has 1 rings (SSSR count). The van der Waals surface area contributed by atoms with Gasteiger partial charge in [-0.3, -0.25) is 0 Å². The molecule has 0 heterocycles. The molecule has 0 N–H and O–H groups in total. The van der Waals surface area contributed by atoms with Gasteiger partial charge in [0.05, 0.1) is 0 Å². The lowest BCUT2D eigenvalue weighted by Gasteiger charge is -1.93. The normalized spacial score (nSPS) is 9.56. The molecule has 0 bridgehead atoms. The minimum absolute atomic E-state index is 0.254. The lowest BCUT2D eigenvalue weighted by molar-refractivity contribution is 0.621. The van der Waals surface area contributed by atoms with Crippen molar-refractivity contribution in [3.63, 3.8) is 0 Å². The van der Waals surface area contributed by atoms with E-state index in [0.717, 1.165) is 0 Å². The first-order valence-electron chi connectivity index (χ1n) is 2.40. The van der Waals surface area contributed by atoms with E-state index in [9.17, 15) is 4.39 Å². The highest BCUT2D eigenvalue weighted by molar-refractivity contribution is 14.1. The number of benzene rings is 1. The van der Waals surface area contributed by atoms with Crippen LogP contribution in [0, 0.1) is 9.39 Å². The molecule has 1 aromatic carbocycles. The molecule has 0 spiro atoms. The summed E-state index contributed by atoms with van der Waals surface area (Å²) in [5, 5.41) is 0. The van der Waals surface area contributed by atoms with Crippen LogP contribution in [-0.2, 0) is 0 Å². The van der Waals surface area contributed by atoms with Gasteiger partial charge >= 0.3 is 0 Å². The monoisotopic (exact) mass is 232 g/mol. The first-order chi connectivity index (χ1) is 4.20. The molecule has 0 aliphatic rings. The van der Waals surface area contributed by atoms with Gasteiger partial charge in [0.15, 0.2) is 0 Å². The third-order valence-corrected chi connectivity index (χ3v) is 1.82. The predicted molar refractivity (Wildman–Crippen MR) is 44.5 cm³/mol. The Bertz CT molecular complexity index is 224. The van der Waals surface area contributed by atoms with Gasteiger partial charge < -0.3 is 0 Å². The lowest BCUT2D eigenvalue weighted by Crippen LogP contribution is -2.02. The van der Waals surface area contributed by atoms with Crippen LogP contribution in [0.3, 0.4) is 0 Å². The summed E-state index contributed by atoms with van der Waals surface area (Å²) >= 11 is 1.91. The molecule has 0 unspecified atom stereocenters. The molecule has 3 heteroatoms. The maximum Gasteiger partial charge on any atom is 0.135 e. The van der Waals surface area contributed by atoms with Gasteiger partial charge in [0, 0.05) is 3.57 Å². The largest absolute Gasteiger partial charge is 0.206 e. The highest BCUT2D eigenvalue weighted by Crippen LogP contribution is 2.06. The summed E-state index contributed by atoms with van der Waals surface area (Å²) in [5.41, 5.74) is 0.466. The number of rotatable bonds is 0. The van der Waals surface area contributed by atoms with Crippen molar-refractivity contribution >= 4 is 35.9 Å². The van der Waals surface area contributed by atoms with Crippen LogP contribution in [0.25, 0.3) is 0 Å². The first kappa shape index (κ1) is 7.06. The van der Waals surface area contributed by atoms with Gasteiger partial charge in [-0.2, -0.15) is 0 Å². The highest BCUT2D eigenvalue weighted by atomic mass is 127. The zero-order valence-corrected chi connectivity index (χ0v) is 6.72. The van der Waals surface area contributed by atoms with Gasteiger partial charge in [0.2, 0.25) is 0 Å². The van der Waals surface area contributed by atoms with Gasteiger partial charge in [-0.05, 0) is 34.7 Å². The van der Waals surface area contributed by atoms with Crippen molar-refractivity contribution in [1.82, 2.24) is 0 Å². The quantitative estimate of drug-likeness (QED) is 0.466.